The summed E-state index contributed by atoms with van der Waals surface area (Å²) in [6.07, 6.45) is 4.42. The van der Waals surface area contributed by atoms with E-state index in [-0.39, 0.29) is 5.97 Å². The minimum Gasteiger partial charge on any atom is -0.465 e. The van der Waals surface area contributed by atoms with E-state index >= 15 is 0 Å². The number of fused-ring (bicyclic) bond motifs is 2. The first-order chi connectivity index (χ1) is 16.1. The van der Waals surface area contributed by atoms with Crippen LogP contribution < -0.4 is 0 Å². The third-order valence-electron chi connectivity index (χ3n) is 6.94. The summed E-state index contributed by atoms with van der Waals surface area (Å²) in [5, 5.41) is 11.6. The van der Waals surface area contributed by atoms with Crippen LogP contribution in [0.3, 0.4) is 0 Å². The predicted molar refractivity (Wildman–Crippen MR) is 133 cm³/mol. The molecule has 5 nitrogen and oxygen atoms in total. The van der Waals surface area contributed by atoms with E-state index in [0.717, 1.165) is 52.0 Å². The highest BCUT2D eigenvalue weighted by Crippen LogP contribution is 2.35. The molecule has 168 valence electrons. The van der Waals surface area contributed by atoms with Crippen LogP contribution in [0.25, 0.3) is 21.0 Å². The monoisotopic (exact) mass is 457 g/mol. The molecule has 1 saturated heterocycles. The van der Waals surface area contributed by atoms with E-state index in [4.69, 9.17) is 4.74 Å². The van der Waals surface area contributed by atoms with Gasteiger partial charge in [-0.3, -0.25) is 4.90 Å². The van der Waals surface area contributed by atoms with E-state index in [0.29, 0.717) is 11.6 Å². The van der Waals surface area contributed by atoms with Crippen LogP contribution in [0.2, 0.25) is 0 Å². The van der Waals surface area contributed by atoms with Gasteiger partial charge in [0.2, 0.25) is 0 Å². The van der Waals surface area contributed by atoms with Crippen molar-refractivity contribution in [3.8, 4) is 6.07 Å². The van der Waals surface area contributed by atoms with E-state index in [1.165, 1.54) is 42.4 Å². The summed E-state index contributed by atoms with van der Waals surface area (Å²) < 4.78 is 8.45. The first-order valence-corrected chi connectivity index (χ1v) is 12.2. The molecule has 6 heteroatoms. The molecule has 0 aliphatic carbocycles. The molecule has 3 heterocycles. The largest absolute Gasteiger partial charge is 0.465 e. The molecule has 0 spiro atoms. The number of hydrogen-bond donors (Lipinski definition) is 0. The zero-order valence-corrected chi connectivity index (χ0v) is 19.8. The zero-order valence-electron chi connectivity index (χ0n) is 19.0. The van der Waals surface area contributed by atoms with E-state index in [1.54, 1.807) is 0 Å². The van der Waals surface area contributed by atoms with Gasteiger partial charge < -0.3 is 9.30 Å². The predicted octanol–water partition coefficient (Wildman–Crippen LogP) is 5.65. The van der Waals surface area contributed by atoms with Gasteiger partial charge in [-0.1, -0.05) is 24.3 Å². The summed E-state index contributed by atoms with van der Waals surface area (Å²) >= 11 is 1.53. The third kappa shape index (κ3) is 4.03. The van der Waals surface area contributed by atoms with E-state index in [1.807, 2.05) is 30.3 Å². The SMILES string of the molecule is COC(=O)c1sc2ccccc2c1CN1CCC[C@H]1CCc1cc2ccc(C#N)cc2n1C. The van der Waals surface area contributed by atoms with Crippen LogP contribution in [0.1, 0.15) is 45.8 Å². The number of aromatic nitrogens is 1. The van der Waals surface area contributed by atoms with Gasteiger partial charge in [0.1, 0.15) is 4.88 Å². The molecule has 0 bridgehead atoms. The first-order valence-electron chi connectivity index (χ1n) is 11.4. The van der Waals surface area contributed by atoms with Gasteiger partial charge in [0, 0.05) is 35.5 Å². The van der Waals surface area contributed by atoms with Gasteiger partial charge >= 0.3 is 5.97 Å². The molecule has 1 atom stereocenters. The number of thiophene rings is 1. The molecule has 1 fully saturated rings. The van der Waals surface area contributed by atoms with E-state index in [2.05, 4.69) is 40.8 Å². The average Bonchev–Trinajstić information content (AvgIpc) is 3.53. The number of carbonyl (C=O) groups excluding carboxylic acids is 1. The molecule has 5 rings (SSSR count). The minimum absolute atomic E-state index is 0.241. The number of methoxy groups -OCH3 is 1. The molecular formula is C27H27N3O2S. The molecular weight excluding hydrogens is 430 g/mol. The van der Waals surface area contributed by atoms with Gasteiger partial charge in [0.25, 0.3) is 0 Å². The van der Waals surface area contributed by atoms with Crippen LogP contribution in [0.4, 0.5) is 0 Å². The smallest absolute Gasteiger partial charge is 0.348 e. The lowest BCUT2D eigenvalue weighted by atomic mass is 10.1. The highest BCUT2D eigenvalue weighted by atomic mass is 32.1. The van der Waals surface area contributed by atoms with Crippen molar-refractivity contribution in [3.05, 3.63) is 70.2 Å². The van der Waals surface area contributed by atoms with Crippen LogP contribution in [0.15, 0.2) is 48.5 Å². The number of aryl methyl sites for hydroxylation is 2. The Balaban J connectivity index is 1.36. The Morgan fingerprint density at radius 2 is 2.09 bits per heavy atom. The number of ether oxygens (including phenoxy) is 1. The lowest BCUT2D eigenvalue weighted by Gasteiger charge is -2.25. The van der Waals surface area contributed by atoms with Crippen molar-refractivity contribution in [3.63, 3.8) is 0 Å². The Kier molecular flexibility index (Phi) is 5.92. The van der Waals surface area contributed by atoms with Gasteiger partial charge in [0.05, 0.1) is 18.7 Å². The van der Waals surface area contributed by atoms with Gasteiger partial charge in [-0.05, 0) is 72.8 Å². The van der Waals surface area contributed by atoms with Crippen molar-refractivity contribution in [2.45, 2.75) is 38.3 Å². The van der Waals surface area contributed by atoms with Crippen molar-refractivity contribution < 1.29 is 9.53 Å². The molecule has 0 unspecified atom stereocenters. The summed E-state index contributed by atoms with van der Waals surface area (Å²) in [5.74, 6) is -0.241. The van der Waals surface area contributed by atoms with Crippen LogP contribution in [0, 0.1) is 11.3 Å². The normalized spacial score (nSPS) is 16.5. The fourth-order valence-corrected chi connectivity index (χ4v) is 6.29. The second-order valence-electron chi connectivity index (χ2n) is 8.78. The number of hydrogen-bond acceptors (Lipinski definition) is 5. The molecule has 0 amide bonds. The van der Waals surface area contributed by atoms with Gasteiger partial charge in [-0.15, -0.1) is 11.3 Å². The summed E-state index contributed by atoms with van der Waals surface area (Å²) in [4.78, 5) is 15.8. The molecule has 2 aromatic carbocycles. The third-order valence-corrected chi connectivity index (χ3v) is 8.13. The molecule has 1 aliphatic heterocycles. The summed E-state index contributed by atoms with van der Waals surface area (Å²) in [5.41, 5.74) is 4.20. The number of benzene rings is 2. The molecule has 0 radical (unpaired) electrons. The molecule has 1 aliphatic rings. The fourth-order valence-electron chi connectivity index (χ4n) is 5.16. The van der Waals surface area contributed by atoms with Crippen molar-refractivity contribution in [1.29, 1.82) is 5.26 Å². The minimum atomic E-state index is -0.241. The first kappa shape index (κ1) is 21.7. The second kappa shape index (κ2) is 9.01. The molecule has 0 N–H and O–H groups in total. The molecule has 4 aromatic rings. The number of likely N-dealkylation sites (tertiary alicyclic amines) is 1. The quantitative estimate of drug-likeness (QED) is 0.351. The fraction of sp³-hybridized carbons (Fsp3) is 0.333. The lowest BCUT2D eigenvalue weighted by molar-refractivity contribution is 0.0604. The number of esters is 1. The highest BCUT2D eigenvalue weighted by molar-refractivity contribution is 7.21. The van der Waals surface area contributed by atoms with Gasteiger partial charge in [0.15, 0.2) is 0 Å². The van der Waals surface area contributed by atoms with Gasteiger partial charge in [-0.25, -0.2) is 4.79 Å². The number of nitrogens with zero attached hydrogens (tertiary/aromatic N) is 3. The number of rotatable bonds is 6. The van der Waals surface area contributed by atoms with E-state index < -0.39 is 0 Å². The van der Waals surface area contributed by atoms with Gasteiger partial charge in [-0.2, -0.15) is 5.26 Å². The summed E-state index contributed by atoms with van der Waals surface area (Å²) in [6.45, 7) is 1.83. The molecule has 0 saturated carbocycles. The molecule has 33 heavy (non-hydrogen) atoms. The Morgan fingerprint density at radius 1 is 1.24 bits per heavy atom. The van der Waals surface area contributed by atoms with Crippen molar-refractivity contribution >= 4 is 38.3 Å². The molecule has 2 aromatic heterocycles. The lowest BCUT2D eigenvalue weighted by Crippen LogP contribution is -2.30. The van der Waals surface area contributed by atoms with Crippen LogP contribution in [-0.2, 0) is 24.8 Å². The van der Waals surface area contributed by atoms with Crippen LogP contribution in [0.5, 0.6) is 0 Å². The Bertz CT molecular complexity index is 1380. The summed E-state index contributed by atoms with van der Waals surface area (Å²) in [6, 6.07) is 19.1. The van der Waals surface area contributed by atoms with Crippen molar-refractivity contribution in [1.82, 2.24) is 9.47 Å². The van der Waals surface area contributed by atoms with Crippen LogP contribution in [-0.4, -0.2) is 35.1 Å². The van der Waals surface area contributed by atoms with Crippen molar-refractivity contribution in [2.24, 2.45) is 7.05 Å². The number of carbonyl (C=O) groups is 1. The second-order valence-corrected chi connectivity index (χ2v) is 9.83. The standard InChI is InChI=1S/C27H27N3O2S/c1-29-21(15-19-10-9-18(16-28)14-24(19)29)12-11-20-6-5-13-30(20)17-23-22-7-3-4-8-25(22)33-26(23)27(31)32-2/h3-4,7-10,14-15,20H,5-6,11-13,17H2,1-2H3/t20-/m0/s1. The maximum absolute atomic E-state index is 12.5. The average molecular weight is 458 g/mol. The Morgan fingerprint density at radius 3 is 2.91 bits per heavy atom. The highest BCUT2D eigenvalue weighted by Gasteiger charge is 2.28. The summed E-state index contributed by atoms with van der Waals surface area (Å²) in [7, 11) is 3.55. The number of nitriles is 1. The van der Waals surface area contributed by atoms with Crippen molar-refractivity contribution in [2.75, 3.05) is 13.7 Å². The Hall–Kier alpha value is -3.14. The maximum Gasteiger partial charge on any atom is 0.348 e. The zero-order chi connectivity index (χ0) is 22.9. The Labute approximate surface area is 197 Å². The maximum atomic E-state index is 12.5. The topological polar surface area (TPSA) is 58.3 Å². The van der Waals surface area contributed by atoms with Crippen LogP contribution >= 0.6 is 11.3 Å². The van der Waals surface area contributed by atoms with E-state index in [9.17, 15) is 10.1 Å².